The Labute approximate surface area is 134 Å². The fourth-order valence-electron chi connectivity index (χ4n) is 1.49. The maximum Gasteiger partial charge on any atom is 0.265 e. The first kappa shape index (κ1) is 15.9. The number of hydrogen-bond acceptors (Lipinski definition) is 6. The Hall–Kier alpha value is -0.480. The number of rotatable bonds is 6. The summed E-state index contributed by atoms with van der Waals surface area (Å²) in [4.78, 5) is 6.19. The van der Waals surface area contributed by atoms with E-state index in [9.17, 15) is 8.42 Å². The first-order chi connectivity index (χ1) is 9.42. The van der Waals surface area contributed by atoms with Crippen LogP contribution in [0.3, 0.4) is 0 Å². The van der Waals surface area contributed by atoms with Gasteiger partial charge in [0.15, 0.2) is 5.13 Å². The van der Waals surface area contributed by atoms with Gasteiger partial charge in [0.1, 0.15) is 4.90 Å². The van der Waals surface area contributed by atoms with E-state index in [1.54, 1.807) is 12.3 Å². The molecular formula is C11H14BrN3O2S3. The van der Waals surface area contributed by atoms with Crippen molar-refractivity contribution in [3.05, 3.63) is 25.8 Å². The maximum absolute atomic E-state index is 12.3. The van der Waals surface area contributed by atoms with E-state index in [0.717, 1.165) is 16.3 Å². The number of sulfonamides is 1. The number of nitrogens with zero attached hydrogens (tertiary/aromatic N) is 1. The molecule has 9 heteroatoms. The molecule has 0 unspecified atom stereocenters. The van der Waals surface area contributed by atoms with Crippen molar-refractivity contribution in [2.75, 3.05) is 11.3 Å². The third kappa shape index (κ3) is 3.79. The molecule has 2 heterocycles. The minimum absolute atomic E-state index is 0.253. The Morgan fingerprint density at radius 1 is 1.40 bits per heavy atom. The van der Waals surface area contributed by atoms with E-state index in [1.807, 2.05) is 13.8 Å². The van der Waals surface area contributed by atoms with Crippen molar-refractivity contribution in [1.82, 2.24) is 10.3 Å². The molecular weight excluding hydrogens is 382 g/mol. The Kier molecular flexibility index (Phi) is 5.19. The van der Waals surface area contributed by atoms with Gasteiger partial charge in [-0.05, 0) is 35.5 Å². The highest BCUT2D eigenvalue weighted by molar-refractivity contribution is 9.11. The Morgan fingerprint density at radius 3 is 2.75 bits per heavy atom. The first-order valence-electron chi connectivity index (χ1n) is 5.86. The number of halogens is 1. The van der Waals surface area contributed by atoms with Crippen molar-refractivity contribution in [3.8, 4) is 0 Å². The number of aryl methyl sites for hydroxylation is 1. The Bertz CT molecular complexity index is 694. The average molecular weight is 396 g/mol. The van der Waals surface area contributed by atoms with Crippen LogP contribution < -0.4 is 10.0 Å². The monoisotopic (exact) mass is 395 g/mol. The second-order valence-electron chi connectivity index (χ2n) is 4.01. The van der Waals surface area contributed by atoms with Crippen molar-refractivity contribution >= 4 is 53.8 Å². The summed E-state index contributed by atoms with van der Waals surface area (Å²) in [6, 6.07) is 1.68. The quantitative estimate of drug-likeness (QED) is 0.787. The van der Waals surface area contributed by atoms with Crippen molar-refractivity contribution in [2.45, 2.75) is 25.3 Å². The van der Waals surface area contributed by atoms with Gasteiger partial charge in [-0.1, -0.05) is 6.92 Å². The zero-order chi connectivity index (χ0) is 14.8. The van der Waals surface area contributed by atoms with Crippen LogP contribution in [0.4, 0.5) is 5.13 Å². The van der Waals surface area contributed by atoms with Gasteiger partial charge in [0.2, 0.25) is 0 Å². The molecule has 0 bridgehead atoms. The van der Waals surface area contributed by atoms with E-state index in [-0.39, 0.29) is 4.90 Å². The van der Waals surface area contributed by atoms with Crippen molar-refractivity contribution < 1.29 is 8.42 Å². The minimum Gasteiger partial charge on any atom is -0.312 e. The third-order valence-electron chi connectivity index (χ3n) is 2.39. The topological polar surface area (TPSA) is 71.1 Å². The molecule has 110 valence electrons. The molecule has 0 saturated carbocycles. The molecule has 0 spiro atoms. The smallest absolute Gasteiger partial charge is 0.265 e. The lowest BCUT2D eigenvalue weighted by atomic mass is 10.4. The van der Waals surface area contributed by atoms with Gasteiger partial charge in [0.25, 0.3) is 10.0 Å². The predicted octanol–water partition coefficient (Wildman–Crippen LogP) is 3.19. The third-order valence-corrected chi connectivity index (χ3v) is 6.94. The molecule has 0 saturated heterocycles. The van der Waals surface area contributed by atoms with E-state index < -0.39 is 10.0 Å². The van der Waals surface area contributed by atoms with Crippen molar-refractivity contribution in [1.29, 1.82) is 0 Å². The normalized spacial score (nSPS) is 11.8. The summed E-state index contributed by atoms with van der Waals surface area (Å²) >= 11 is 6.04. The minimum atomic E-state index is -3.60. The molecule has 2 rings (SSSR count). The molecule has 2 aromatic heterocycles. The van der Waals surface area contributed by atoms with Crippen molar-refractivity contribution in [3.63, 3.8) is 0 Å². The lowest BCUT2D eigenvalue weighted by Gasteiger charge is -2.03. The number of nitrogens with one attached hydrogen (secondary N) is 2. The molecule has 0 aliphatic rings. The van der Waals surface area contributed by atoms with Crippen LogP contribution in [-0.2, 0) is 16.6 Å². The summed E-state index contributed by atoms with van der Waals surface area (Å²) in [6.45, 7) is 5.39. The van der Waals surface area contributed by atoms with Crippen LogP contribution in [0.2, 0.25) is 0 Å². The van der Waals surface area contributed by atoms with E-state index in [0.29, 0.717) is 15.5 Å². The van der Waals surface area contributed by atoms with Crippen LogP contribution in [-0.4, -0.2) is 19.9 Å². The van der Waals surface area contributed by atoms with Crippen LogP contribution in [0.15, 0.2) is 20.9 Å². The zero-order valence-electron chi connectivity index (χ0n) is 10.9. The molecule has 0 radical (unpaired) electrons. The van der Waals surface area contributed by atoms with Gasteiger partial charge in [-0.15, -0.1) is 22.7 Å². The van der Waals surface area contributed by atoms with Crippen LogP contribution >= 0.6 is 38.6 Å². The van der Waals surface area contributed by atoms with Gasteiger partial charge in [0, 0.05) is 22.5 Å². The molecule has 2 aromatic rings. The van der Waals surface area contributed by atoms with Crippen LogP contribution in [0.1, 0.15) is 16.7 Å². The molecule has 5 nitrogen and oxygen atoms in total. The molecule has 0 aromatic carbocycles. The summed E-state index contributed by atoms with van der Waals surface area (Å²) in [6.07, 6.45) is 1.64. The van der Waals surface area contributed by atoms with Crippen LogP contribution in [0.5, 0.6) is 0 Å². The van der Waals surface area contributed by atoms with Gasteiger partial charge in [-0.3, -0.25) is 4.72 Å². The van der Waals surface area contributed by atoms with Crippen LogP contribution in [0.25, 0.3) is 0 Å². The van der Waals surface area contributed by atoms with E-state index >= 15 is 0 Å². The van der Waals surface area contributed by atoms with Gasteiger partial charge < -0.3 is 5.32 Å². The standard InChI is InChI=1S/C11H14BrN3O2S3/c1-3-13-6-8-4-9(10(12)19-8)20(16,17)15-11-14-5-7(2)18-11/h4-5,13H,3,6H2,1-2H3,(H,14,15). The lowest BCUT2D eigenvalue weighted by molar-refractivity contribution is 0.601. The number of aromatic nitrogens is 1. The van der Waals surface area contributed by atoms with E-state index in [4.69, 9.17) is 0 Å². The summed E-state index contributed by atoms with van der Waals surface area (Å²) in [7, 11) is -3.60. The van der Waals surface area contributed by atoms with E-state index in [1.165, 1.54) is 22.7 Å². The first-order valence-corrected chi connectivity index (χ1v) is 9.77. The van der Waals surface area contributed by atoms with E-state index in [2.05, 4.69) is 31.0 Å². The van der Waals surface area contributed by atoms with Gasteiger partial charge in [0.05, 0.1) is 3.79 Å². The van der Waals surface area contributed by atoms with Gasteiger partial charge in [-0.25, -0.2) is 13.4 Å². The molecule has 0 aliphatic carbocycles. The summed E-state index contributed by atoms with van der Waals surface area (Å²) < 4.78 is 27.8. The summed E-state index contributed by atoms with van der Waals surface area (Å²) in [5.41, 5.74) is 0. The van der Waals surface area contributed by atoms with Gasteiger partial charge >= 0.3 is 0 Å². The average Bonchev–Trinajstić information content (AvgIpc) is 2.93. The summed E-state index contributed by atoms with van der Waals surface area (Å²) in [5.74, 6) is 0. The fourth-order valence-corrected chi connectivity index (χ4v) is 6.05. The second-order valence-corrected chi connectivity index (χ2v) is 9.35. The Morgan fingerprint density at radius 2 is 2.15 bits per heavy atom. The van der Waals surface area contributed by atoms with Gasteiger partial charge in [-0.2, -0.15) is 0 Å². The lowest BCUT2D eigenvalue weighted by Crippen LogP contribution is -2.13. The van der Waals surface area contributed by atoms with Crippen molar-refractivity contribution in [2.24, 2.45) is 0 Å². The highest BCUT2D eigenvalue weighted by atomic mass is 79.9. The number of thiazole rings is 1. The number of hydrogen-bond donors (Lipinski definition) is 2. The molecule has 2 N–H and O–H groups in total. The zero-order valence-corrected chi connectivity index (χ0v) is 15.0. The summed E-state index contributed by atoms with van der Waals surface area (Å²) in [5, 5.41) is 3.56. The largest absolute Gasteiger partial charge is 0.312 e. The molecule has 0 aliphatic heterocycles. The number of thiophene rings is 1. The molecule has 0 atom stereocenters. The molecule has 20 heavy (non-hydrogen) atoms. The fraction of sp³-hybridized carbons (Fsp3) is 0.364. The SMILES string of the molecule is CCNCc1cc(S(=O)(=O)Nc2ncc(C)s2)c(Br)s1. The number of anilines is 1. The highest BCUT2D eigenvalue weighted by Crippen LogP contribution is 2.33. The maximum atomic E-state index is 12.3. The Balaban J connectivity index is 2.22. The van der Waals surface area contributed by atoms with Crippen LogP contribution in [0, 0.1) is 6.92 Å². The molecule has 0 amide bonds. The predicted molar refractivity (Wildman–Crippen MR) is 87.1 cm³/mol. The highest BCUT2D eigenvalue weighted by Gasteiger charge is 2.22. The second kappa shape index (κ2) is 6.52. The molecule has 0 fully saturated rings.